The normalized spacial score (nSPS) is 12.2. The fourth-order valence-corrected chi connectivity index (χ4v) is 3.88. The largest absolute Gasteiger partial charge is 0.484 e. The molecule has 9 nitrogen and oxygen atoms in total. The molecule has 0 bridgehead atoms. The van der Waals surface area contributed by atoms with Crippen LogP contribution in [0, 0.1) is 11.8 Å². The van der Waals surface area contributed by atoms with Crippen LogP contribution in [0.15, 0.2) is 42.5 Å². The molecule has 0 fully saturated rings. The lowest BCUT2D eigenvalue weighted by Gasteiger charge is -2.28. The molecule has 0 aromatic heterocycles. The summed E-state index contributed by atoms with van der Waals surface area (Å²) in [6.45, 7) is 11.5. The molecule has 0 spiro atoms. The number of aliphatic hydroxyl groups excluding tert-OH is 1. The SMILES string of the molecule is CC(C)CC(=O)Oc1ccc(C(O)CNC(C)(C)CNC(=O)COc2ccccc2)c(Cl)c1OC(=O)CC(C)C. The molecule has 3 N–H and O–H groups in total. The zero-order chi connectivity index (χ0) is 29.9. The van der Waals surface area contributed by atoms with E-state index in [1.165, 1.54) is 12.1 Å². The molecule has 2 rings (SSSR count). The third-order valence-electron chi connectivity index (χ3n) is 5.65. The number of nitrogens with one attached hydrogen (secondary N) is 2. The van der Waals surface area contributed by atoms with Crippen LogP contribution in [0.5, 0.6) is 17.2 Å². The van der Waals surface area contributed by atoms with Gasteiger partial charge in [-0.1, -0.05) is 63.6 Å². The molecule has 0 aliphatic carbocycles. The number of hydrogen-bond acceptors (Lipinski definition) is 8. The number of benzene rings is 2. The topological polar surface area (TPSA) is 123 Å². The zero-order valence-corrected chi connectivity index (χ0v) is 24.8. The van der Waals surface area contributed by atoms with Crippen molar-refractivity contribution in [3.05, 3.63) is 53.1 Å². The molecule has 1 unspecified atom stereocenters. The lowest BCUT2D eigenvalue weighted by atomic mass is 10.0. The molecule has 40 heavy (non-hydrogen) atoms. The number of carbonyl (C=O) groups excluding carboxylic acids is 3. The highest BCUT2D eigenvalue weighted by Gasteiger charge is 2.26. The van der Waals surface area contributed by atoms with Crippen molar-refractivity contribution < 1.29 is 33.7 Å². The number of halogens is 1. The Balaban J connectivity index is 2.05. The van der Waals surface area contributed by atoms with Crippen LogP contribution in [-0.2, 0) is 14.4 Å². The molecule has 0 aliphatic heterocycles. The number of aliphatic hydroxyl groups is 1. The Kier molecular flexibility index (Phi) is 12.9. The van der Waals surface area contributed by atoms with Crippen molar-refractivity contribution in [3.63, 3.8) is 0 Å². The number of carbonyl (C=O) groups is 3. The highest BCUT2D eigenvalue weighted by molar-refractivity contribution is 6.33. The summed E-state index contributed by atoms with van der Waals surface area (Å²) in [6.07, 6.45) is -0.776. The van der Waals surface area contributed by atoms with Crippen molar-refractivity contribution in [1.29, 1.82) is 0 Å². The second-order valence-corrected chi connectivity index (χ2v) is 11.5. The highest BCUT2D eigenvalue weighted by Crippen LogP contribution is 2.40. The van der Waals surface area contributed by atoms with Crippen LogP contribution in [0.2, 0.25) is 5.02 Å². The minimum Gasteiger partial charge on any atom is -0.484 e. The summed E-state index contributed by atoms with van der Waals surface area (Å²) in [4.78, 5) is 37.0. The van der Waals surface area contributed by atoms with Gasteiger partial charge < -0.3 is 30.0 Å². The quantitative estimate of drug-likeness (QED) is 0.203. The number of hydrogen-bond donors (Lipinski definition) is 3. The summed E-state index contributed by atoms with van der Waals surface area (Å²) in [5.41, 5.74) is -0.296. The van der Waals surface area contributed by atoms with E-state index >= 15 is 0 Å². The third-order valence-corrected chi connectivity index (χ3v) is 6.04. The van der Waals surface area contributed by atoms with Crippen LogP contribution in [0.3, 0.4) is 0 Å². The number of rotatable bonds is 15. The van der Waals surface area contributed by atoms with E-state index in [9.17, 15) is 19.5 Å². The van der Waals surface area contributed by atoms with Crippen molar-refractivity contribution in [2.24, 2.45) is 11.8 Å². The maximum atomic E-state index is 12.4. The molecule has 0 heterocycles. The van der Waals surface area contributed by atoms with E-state index in [0.717, 1.165) is 0 Å². The van der Waals surface area contributed by atoms with Gasteiger partial charge in [-0.3, -0.25) is 14.4 Å². The van der Waals surface area contributed by atoms with Crippen LogP contribution in [0.25, 0.3) is 0 Å². The van der Waals surface area contributed by atoms with Crippen LogP contribution >= 0.6 is 11.6 Å². The van der Waals surface area contributed by atoms with Gasteiger partial charge in [-0.2, -0.15) is 0 Å². The van der Waals surface area contributed by atoms with Crippen molar-refractivity contribution in [2.75, 3.05) is 19.7 Å². The fourth-order valence-electron chi connectivity index (χ4n) is 3.55. The van der Waals surface area contributed by atoms with Gasteiger partial charge in [0, 0.05) is 37.0 Å². The zero-order valence-electron chi connectivity index (χ0n) is 24.1. The predicted molar refractivity (Wildman–Crippen MR) is 154 cm³/mol. The molecule has 220 valence electrons. The van der Waals surface area contributed by atoms with Crippen molar-refractivity contribution in [1.82, 2.24) is 10.6 Å². The van der Waals surface area contributed by atoms with Gasteiger partial charge in [-0.25, -0.2) is 0 Å². The van der Waals surface area contributed by atoms with Crippen LogP contribution in [-0.4, -0.2) is 48.2 Å². The summed E-state index contributed by atoms with van der Waals surface area (Å²) in [6, 6.07) is 12.0. The Labute approximate surface area is 241 Å². The second-order valence-electron chi connectivity index (χ2n) is 11.1. The average molecular weight is 577 g/mol. The van der Waals surface area contributed by atoms with Gasteiger partial charge in [-0.05, 0) is 43.9 Å². The molecule has 0 saturated carbocycles. The number of esters is 2. The van der Waals surface area contributed by atoms with E-state index in [1.54, 1.807) is 12.1 Å². The van der Waals surface area contributed by atoms with Crippen molar-refractivity contribution in [3.8, 4) is 17.2 Å². The number of ether oxygens (including phenoxy) is 3. The summed E-state index contributed by atoms with van der Waals surface area (Å²) in [5, 5.41) is 16.9. The maximum Gasteiger partial charge on any atom is 0.311 e. The maximum absolute atomic E-state index is 12.4. The number of para-hydroxylation sites is 1. The molecule has 10 heteroatoms. The Morgan fingerprint density at radius 1 is 0.925 bits per heavy atom. The first kappa shape index (κ1) is 33.1. The highest BCUT2D eigenvalue weighted by atomic mass is 35.5. The molecule has 2 aromatic rings. The van der Waals surface area contributed by atoms with Gasteiger partial charge in [0.25, 0.3) is 5.91 Å². The van der Waals surface area contributed by atoms with E-state index in [1.807, 2.05) is 59.7 Å². The minimum absolute atomic E-state index is 0.0115. The Hall–Kier alpha value is -3.14. The first-order chi connectivity index (χ1) is 18.8. The van der Waals surface area contributed by atoms with Crippen LogP contribution in [0.4, 0.5) is 0 Å². The lowest BCUT2D eigenvalue weighted by molar-refractivity contribution is -0.138. The number of β-amino-alcohol motifs (C(OH)–C–C–N with tert-alkyl or cyclic N) is 1. The monoisotopic (exact) mass is 576 g/mol. The molecule has 0 aliphatic rings. The smallest absolute Gasteiger partial charge is 0.311 e. The standard InChI is InChI=1S/C30H41ClN2O7/c1-19(2)14-26(36)39-24-13-12-22(28(31)29(24)40-27(37)15-20(3)4)23(34)16-33-30(5,6)18-32-25(35)17-38-21-10-8-7-9-11-21/h7-13,19-20,23,33-34H,14-18H2,1-6H3,(H,32,35). The van der Waals surface area contributed by atoms with E-state index in [-0.39, 0.29) is 66.8 Å². The molecular weight excluding hydrogens is 536 g/mol. The van der Waals surface area contributed by atoms with Crippen LogP contribution < -0.4 is 24.8 Å². The summed E-state index contributed by atoms with van der Waals surface area (Å²) in [7, 11) is 0. The van der Waals surface area contributed by atoms with E-state index in [4.69, 9.17) is 25.8 Å². The molecule has 2 aromatic carbocycles. The second kappa shape index (κ2) is 15.6. The average Bonchev–Trinajstić information content (AvgIpc) is 2.87. The molecule has 0 saturated heterocycles. The van der Waals surface area contributed by atoms with Crippen LogP contribution in [0.1, 0.15) is 66.1 Å². The van der Waals surface area contributed by atoms with Gasteiger partial charge in [0.05, 0.1) is 11.1 Å². The fraction of sp³-hybridized carbons (Fsp3) is 0.500. The van der Waals surface area contributed by atoms with Gasteiger partial charge in [0.15, 0.2) is 18.1 Å². The predicted octanol–water partition coefficient (Wildman–Crippen LogP) is 4.84. The van der Waals surface area contributed by atoms with E-state index in [0.29, 0.717) is 11.3 Å². The Bertz CT molecular complexity index is 1140. The van der Waals surface area contributed by atoms with Gasteiger partial charge in [0.2, 0.25) is 0 Å². The van der Waals surface area contributed by atoms with Gasteiger partial charge in [-0.15, -0.1) is 0 Å². The third kappa shape index (κ3) is 11.5. The van der Waals surface area contributed by atoms with E-state index in [2.05, 4.69) is 10.6 Å². The minimum atomic E-state index is -1.09. The molecular formula is C30H41ClN2O7. The van der Waals surface area contributed by atoms with E-state index < -0.39 is 23.6 Å². The van der Waals surface area contributed by atoms with Crippen molar-refractivity contribution >= 4 is 29.4 Å². The molecule has 1 amide bonds. The lowest BCUT2D eigenvalue weighted by Crippen LogP contribution is -2.50. The number of amides is 1. The summed E-state index contributed by atoms with van der Waals surface area (Å²) < 4.78 is 16.4. The first-order valence-electron chi connectivity index (χ1n) is 13.4. The summed E-state index contributed by atoms with van der Waals surface area (Å²) >= 11 is 6.59. The first-order valence-corrected chi connectivity index (χ1v) is 13.8. The van der Waals surface area contributed by atoms with Gasteiger partial charge >= 0.3 is 11.9 Å². The van der Waals surface area contributed by atoms with Gasteiger partial charge in [0.1, 0.15) is 5.75 Å². The molecule has 1 atom stereocenters. The Morgan fingerprint density at radius 3 is 2.12 bits per heavy atom. The summed E-state index contributed by atoms with van der Waals surface area (Å²) in [5.74, 6) is -0.669. The molecule has 0 radical (unpaired) electrons. The Morgan fingerprint density at radius 2 is 1.52 bits per heavy atom. The van der Waals surface area contributed by atoms with Crippen molar-refractivity contribution in [2.45, 2.75) is 66.0 Å².